The fourth-order valence-electron chi connectivity index (χ4n) is 1.81. The molecule has 5 nitrogen and oxygen atoms in total. The van der Waals surface area contributed by atoms with E-state index >= 15 is 0 Å². The van der Waals surface area contributed by atoms with Gasteiger partial charge in [-0.3, -0.25) is 10.1 Å². The number of benzene rings is 1. The predicted molar refractivity (Wildman–Crippen MR) is 94.8 cm³/mol. The van der Waals surface area contributed by atoms with Crippen molar-refractivity contribution in [1.82, 2.24) is 10.2 Å². The van der Waals surface area contributed by atoms with Crippen molar-refractivity contribution < 1.29 is 4.79 Å². The molecule has 1 N–H and O–H groups in total. The van der Waals surface area contributed by atoms with Crippen molar-refractivity contribution in [3.8, 4) is 6.07 Å². The van der Waals surface area contributed by atoms with Crippen LogP contribution in [0.1, 0.15) is 24.4 Å². The molecule has 1 heterocycles. The monoisotopic (exact) mass is 390 g/mol. The Bertz CT molecular complexity index is 776. The standard InChI is InChI=1S/C16H15BrN4OS/c1-10(2)6-14-20-21-16(23-14)19-15(22)12(9-18)7-11-4-3-5-13(17)8-11/h3-5,7-8,10H,6H2,1-2H3,(H,19,21,22)/b12-7-. The lowest BCUT2D eigenvalue weighted by atomic mass is 10.1. The van der Waals surface area contributed by atoms with Gasteiger partial charge in [0.15, 0.2) is 0 Å². The maximum atomic E-state index is 12.2. The van der Waals surface area contributed by atoms with Crippen LogP contribution in [0.15, 0.2) is 34.3 Å². The Morgan fingerprint density at radius 1 is 1.48 bits per heavy atom. The quantitative estimate of drug-likeness (QED) is 0.616. The van der Waals surface area contributed by atoms with Gasteiger partial charge in [0.05, 0.1) is 0 Å². The molecule has 2 rings (SSSR count). The number of rotatable bonds is 5. The van der Waals surface area contributed by atoms with Crippen molar-refractivity contribution in [2.75, 3.05) is 5.32 Å². The molecule has 23 heavy (non-hydrogen) atoms. The van der Waals surface area contributed by atoms with E-state index in [1.807, 2.05) is 30.3 Å². The molecule has 0 spiro atoms. The van der Waals surface area contributed by atoms with E-state index in [4.69, 9.17) is 0 Å². The van der Waals surface area contributed by atoms with E-state index in [-0.39, 0.29) is 5.57 Å². The van der Waals surface area contributed by atoms with E-state index in [2.05, 4.69) is 45.3 Å². The molecule has 0 saturated heterocycles. The van der Waals surface area contributed by atoms with E-state index in [0.29, 0.717) is 11.0 Å². The highest BCUT2D eigenvalue weighted by molar-refractivity contribution is 9.10. The first-order valence-electron chi connectivity index (χ1n) is 6.99. The van der Waals surface area contributed by atoms with Crippen LogP contribution < -0.4 is 5.32 Å². The number of carbonyl (C=O) groups excluding carboxylic acids is 1. The summed E-state index contributed by atoms with van der Waals surface area (Å²) in [5.41, 5.74) is 0.785. The van der Waals surface area contributed by atoms with Crippen LogP contribution in [0, 0.1) is 17.2 Å². The zero-order chi connectivity index (χ0) is 16.8. The molecule has 1 amide bonds. The molecule has 0 unspecified atom stereocenters. The summed E-state index contributed by atoms with van der Waals surface area (Å²) in [5, 5.41) is 21.1. The Kier molecular flexibility index (Phi) is 6.02. The van der Waals surface area contributed by atoms with Gasteiger partial charge < -0.3 is 0 Å². The van der Waals surface area contributed by atoms with Crippen LogP contribution in [0.3, 0.4) is 0 Å². The number of hydrogen-bond acceptors (Lipinski definition) is 5. The first-order valence-corrected chi connectivity index (χ1v) is 8.60. The highest BCUT2D eigenvalue weighted by atomic mass is 79.9. The first kappa shape index (κ1) is 17.3. The van der Waals surface area contributed by atoms with Gasteiger partial charge in [0.2, 0.25) is 5.13 Å². The molecule has 1 aromatic heterocycles. The minimum atomic E-state index is -0.486. The van der Waals surface area contributed by atoms with Gasteiger partial charge in [-0.15, -0.1) is 10.2 Å². The van der Waals surface area contributed by atoms with Gasteiger partial charge in [-0.1, -0.05) is 53.2 Å². The lowest BCUT2D eigenvalue weighted by Crippen LogP contribution is -2.13. The first-order chi connectivity index (χ1) is 11.0. The molecular formula is C16H15BrN4OS. The van der Waals surface area contributed by atoms with Crippen molar-refractivity contribution in [2.24, 2.45) is 5.92 Å². The second kappa shape index (κ2) is 7.99. The number of hydrogen-bond donors (Lipinski definition) is 1. The topological polar surface area (TPSA) is 78.7 Å². The summed E-state index contributed by atoms with van der Waals surface area (Å²) in [4.78, 5) is 12.2. The summed E-state index contributed by atoms with van der Waals surface area (Å²) in [7, 11) is 0. The lowest BCUT2D eigenvalue weighted by Gasteiger charge is -2.00. The number of anilines is 1. The van der Waals surface area contributed by atoms with E-state index in [9.17, 15) is 10.1 Å². The Morgan fingerprint density at radius 3 is 2.91 bits per heavy atom. The van der Waals surface area contributed by atoms with Gasteiger partial charge in [0.25, 0.3) is 5.91 Å². The van der Waals surface area contributed by atoms with E-state index in [1.54, 1.807) is 0 Å². The van der Waals surface area contributed by atoms with Gasteiger partial charge >= 0.3 is 0 Å². The Hall–Kier alpha value is -2.04. The summed E-state index contributed by atoms with van der Waals surface area (Å²) in [6.07, 6.45) is 2.35. The SMILES string of the molecule is CC(C)Cc1nnc(NC(=O)/C(C#N)=C\c2cccc(Br)c2)s1. The summed E-state index contributed by atoms with van der Waals surface area (Å²) >= 11 is 4.69. The molecule has 0 saturated carbocycles. The molecule has 1 aromatic carbocycles. The minimum absolute atomic E-state index is 0.0173. The molecule has 0 atom stereocenters. The average Bonchev–Trinajstić information content (AvgIpc) is 2.91. The molecule has 0 bridgehead atoms. The molecular weight excluding hydrogens is 376 g/mol. The normalized spacial score (nSPS) is 11.3. The summed E-state index contributed by atoms with van der Waals surface area (Å²) in [6.45, 7) is 4.18. The van der Waals surface area contributed by atoms with Crippen molar-refractivity contribution >= 4 is 44.4 Å². The minimum Gasteiger partial charge on any atom is -0.296 e. The molecule has 0 radical (unpaired) electrons. The van der Waals surface area contributed by atoms with Crippen LogP contribution in [0.2, 0.25) is 0 Å². The Balaban J connectivity index is 2.11. The van der Waals surface area contributed by atoms with Crippen molar-refractivity contribution in [3.05, 3.63) is 44.9 Å². The second-order valence-corrected chi connectivity index (χ2v) is 7.26. The number of carbonyl (C=O) groups is 1. The summed E-state index contributed by atoms with van der Waals surface area (Å²) in [6, 6.07) is 9.28. The van der Waals surface area contributed by atoms with Crippen molar-refractivity contribution in [1.29, 1.82) is 5.26 Å². The third-order valence-corrected chi connectivity index (χ3v) is 4.15. The molecule has 7 heteroatoms. The Labute approximate surface area is 147 Å². The molecule has 118 valence electrons. The fourth-order valence-corrected chi connectivity index (χ4v) is 3.18. The van der Waals surface area contributed by atoms with Crippen molar-refractivity contribution in [3.63, 3.8) is 0 Å². The van der Waals surface area contributed by atoms with Crippen LogP contribution in [-0.4, -0.2) is 16.1 Å². The van der Waals surface area contributed by atoms with Gasteiger partial charge in [0.1, 0.15) is 16.6 Å². The smallest absolute Gasteiger partial charge is 0.268 e. The van der Waals surface area contributed by atoms with E-state index in [1.165, 1.54) is 17.4 Å². The lowest BCUT2D eigenvalue weighted by molar-refractivity contribution is -0.112. The molecule has 0 aliphatic heterocycles. The van der Waals surface area contributed by atoms with Crippen LogP contribution >= 0.6 is 27.3 Å². The molecule has 2 aromatic rings. The van der Waals surface area contributed by atoms with Gasteiger partial charge in [-0.05, 0) is 29.7 Å². The number of nitrogens with one attached hydrogen (secondary N) is 1. The molecule has 0 fully saturated rings. The zero-order valence-corrected chi connectivity index (χ0v) is 15.1. The van der Waals surface area contributed by atoms with Crippen LogP contribution in [-0.2, 0) is 11.2 Å². The second-order valence-electron chi connectivity index (χ2n) is 5.28. The van der Waals surface area contributed by atoms with Crippen LogP contribution in [0.25, 0.3) is 6.08 Å². The maximum Gasteiger partial charge on any atom is 0.268 e. The van der Waals surface area contributed by atoms with E-state index in [0.717, 1.165) is 21.5 Å². The number of halogens is 1. The largest absolute Gasteiger partial charge is 0.296 e. The highest BCUT2D eigenvalue weighted by Crippen LogP contribution is 2.19. The predicted octanol–water partition coefficient (Wildman–Crippen LogP) is 4.04. The Morgan fingerprint density at radius 2 is 2.26 bits per heavy atom. The van der Waals surface area contributed by atoms with Crippen LogP contribution in [0.5, 0.6) is 0 Å². The van der Waals surface area contributed by atoms with Gasteiger partial charge in [-0.25, -0.2) is 0 Å². The number of aromatic nitrogens is 2. The number of nitrogens with zero attached hydrogens (tertiary/aromatic N) is 3. The summed E-state index contributed by atoms with van der Waals surface area (Å²) in [5.74, 6) is -0.0164. The number of amides is 1. The third-order valence-electron chi connectivity index (χ3n) is 2.79. The van der Waals surface area contributed by atoms with Crippen LogP contribution in [0.4, 0.5) is 5.13 Å². The number of nitriles is 1. The molecule has 0 aliphatic rings. The van der Waals surface area contributed by atoms with Gasteiger partial charge in [-0.2, -0.15) is 5.26 Å². The summed E-state index contributed by atoms with van der Waals surface area (Å²) < 4.78 is 0.881. The maximum absolute atomic E-state index is 12.2. The van der Waals surface area contributed by atoms with Crippen molar-refractivity contribution in [2.45, 2.75) is 20.3 Å². The average molecular weight is 391 g/mol. The zero-order valence-electron chi connectivity index (χ0n) is 12.7. The highest BCUT2D eigenvalue weighted by Gasteiger charge is 2.13. The van der Waals surface area contributed by atoms with E-state index < -0.39 is 5.91 Å². The third kappa shape index (κ3) is 5.27. The molecule has 0 aliphatic carbocycles. The fraction of sp³-hybridized carbons (Fsp3) is 0.250. The van der Waals surface area contributed by atoms with Gasteiger partial charge in [0, 0.05) is 10.9 Å².